The van der Waals surface area contributed by atoms with Crippen LogP contribution in [0.1, 0.15) is 194 Å². The maximum absolute atomic E-state index is 12.8. The zero-order chi connectivity index (χ0) is 37.2. The molecule has 0 aliphatic rings. The average Bonchev–Trinajstić information content (AvgIpc) is 3.06. The van der Waals surface area contributed by atoms with Gasteiger partial charge in [-0.2, -0.15) is 0 Å². The molecule has 0 spiro atoms. The minimum absolute atomic E-state index is 0.0644. The van der Waals surface area contributed by atoms with E-state index in [-0.39, 0.29) is 19.1 Å². The van der Waals surface area contributed by atoms with E-state index < -0.39 is 20.0 Å². The monoisotopic (exact) mass is 732 g/mol. The number of carbonyl (C=O) groups is 1. The van der Waals surface area contributed by atoms with Gasteiger partial charge in [0, 0.05) is 6.42 Å². The average molecular weight is 732 g/mol. The standard InChI is InChI=1S/C41H83N2O6P/c1-6-8-10-12-14-16-18-20-21-23-25-27-29-31-33-35-41(45)42-39(38-49-50(46,47)48-37-36-43(3,4)5)40(44)34-32-30-28-26-24-22-19-17-15-13-11-9-7-2/h32,34,39-40,44H,6-31,33,35-38H2,1-5H3,(H-,42,45,46,47)/p+1. The van der Waals surface area contributed by atoms with E-state index in [4.69, 9.17) is 9.05 Å². The van der Waals surface area contributed by atoms with Gasteiger partial charge in [-0.1, -0.05) is 180 Å². The van der Waals surface area contributed by atoms with Crippen molar-refractivity contribution in [2.45, 2.75) is 206 Å². The third-order valence-corrected chi connectivity index (χ3v) is 10.5. The number of carbonyl (C=O) groups excluding carboxylic acids is 1. The van der Waals surface area contributed by atoms with Gasteiger partial charge in [0.25, 0.3) is 0 Å². The molecule has 0 fully saturated rings. The Bertz CT molecular complexity index is 834. The molecular weight excluding hydrogens is 647 g/mol. The molecule has 0 heterocycles. The van der Waals surface area contributed by atoms with Crippen molar-refractivity contribution >= 4 is 13.7 Å². The maximum Gasteiger partial charge on any atom is 0.472 e. The number of quaternary nitrogens is 1. The Kier molecular flexibility index (Phi) is 33.5. The van der Waals surface area contributed by atoms with Gasteiger partial charge in [-0.15, -0.1) is 0 Å². The predicted octanol–water partition coefficient (Wildman–Crippen LogP) is 11.2. The van der Waals surface area contributed by atoms with Crippen molar-refractivity contribution in [2.24, 2.45) is 0 Å². The molecule has 0 aliphatic carbocycles. The number of nitrogens with one attached hydrogen (secondary N) is 1. The van der Waals surface area contributed by atoms with Gasteiger partial charge in [-0.05, 0) is 19.3 Å². The van der Waals surface area contributed by atoms with Crippen molar-refractivity contribution in [2.75, 3.05) is 40.9 Å². The number of amides is 1. The number of aliphatic hydroxyl groups excluding tert-OH is 1. The fourth-order valence-electron chi connectivity index (χ4n) is 6.10. The molecule has 0 aromatic heterocycles. The first-order valence-electron chi connectivity index (χ1n) is 21.1. The van der Waals surface area contributed by atoms with Gasteiger partial charge >= 0.3 is 7.82 Å². The largest absolute Gasteiger partial charge is 0.472 e. The van der Waals surface area contributed by atoms with Gasteiger partial charge in [0.05, 0.1) is 39.9 Å². The second kappa shape index (κ2) is 34.0. The quantitative estimate of drug-likeness (QED) is 0.0253. The van der Waals surface area contributed by atoms with Crippen LogP contribution in [-0.4, -0.2) is 73.4 Å². The summed E-state index contributed by atoms with van der Waals surface area (Å²) in [5.74, 6) is -0.176. The molecule has 0 saturated heterocycles. The van der Waals surface area contributed by atoms with Crippen molar-refractivity contribution in [3.8, 4) is 0 Å². The van der Waals surface area contributed by atoms with Gasteiger partial charge in [-0.3, -0.25) is 13.8 Å². The van der Waals surface area contributed by atoms with Gasteiger partial charge in [0.15, 0.2) is 0 Å². The lowest BCUT2D eigenvalue weighted by atomic mass is 10.0. The number of rotatable bonds is 38. The SMILES string of the molecule is CCCCCCCCCCCCCC=CC(O)C(COP(=O)(O)OCC[N+](C)(C)C)NC(=O)CCCCCCCCCCCCCCCCC. The van der Waals surface area contributed by atoms with Crippen LogP contribution in [0.15, 0.2) is 12.2 Å². The van der Waals surface area contributed by atoms with Gasteiger partial charge in [-0.25, -0.2) is 4.57 Å². The molecule has 3 N–H and O–H groups in total. The Morgan fingerprint density at radius 2 is 1.06 bits per heavy atom. The van der Waals surface area contributed by atoms with Crippen LogP contribution >= 0.6 is 7.82 Å². The summed E-state index contributed by atoms with van der Waals surface area (Å²) in [5.41, 5.74) is 0. The molecule has 0 aromatic carbocycles. The Hall–Kier alpha value is -0.760. The van der Waals surface area contributed by atoms with Crippen LogP contribution in [0.3, 0.4) is 0 Å². The molecule has 0 rings (SSSR count). The highest BCUT2D eigenvalue weighted by Gasteiger charge is 2.27. The van der Waals surface area contributed by atoms with E-state index in [0.29, 0.717) is 17.4 Å². The first-order valence-corrected chi connectivity index (χ1v) is 22.6. The van der Waals surface area contributed by atoms with Crippen molar-refractivity contribution in [3.05, 3.63) is 12.2 Å². The number of aliphatic hydroxyl groups is 1. The summed E-state index contributed by atoms with van der Waals surface area (Å²) < 4.78 is 23.5. The van der Waals surface area contributed by atoms with Crippen molar-refractivity contribution in [3.63, 3.8) is 0 Å². The van der Waals surface area contributed by atoms with Crippen molar-refractivity contribution in [1.82, 2.24) is 5.32 Å². The summed E-state index contributed by atoms with van der Waals surface area (Å²) in [6.45, 7) is 4.81. The predicted molar refractivity (Wildman–Crippen MR) is 212 cm³/mol. The first kappa shape index (κ1) is 49.2. The number of phosphoric acid groups is 1. The number of hydrogen-bond acceptors (Lipinski definition) is 5. The number of unbranched alkanes of at least 4 members (excludes halogenated alkanes) is 25. The molecule has 8 nitrogen and oxygen atoms in total. The van der Waals surface area contributed by atoms with Gasteiger partial charge in [0.2, 0.25) is 5.91 Å². The zero-order valence-corrected chi connectivity index (χ0v) is 34.5. The Labute approximate surface area is 310 Å². The fourth-order valence-corrected chi connectivity index (χ4v) is 6.84. The Morgan fingerprint density at radius 1 is 0.660 bits per heavy atom. The van der Waals surface area contributed by atoms with E-state index in [1.807, 2.05) is 27.2 Å². The molecule has 0 aliphatic heterocycles. The molecule has 50 heavy (non-hydrogen) atoms. The van der Waals surface area contributed by atoms with E-state index in [2.05, 4.69) is 19.2 Å². The fraction of sp³-hybridized carbons (Fsp3) is 0.927. The third kappa shape index (κ3) is 35.6. The van der Waals surface area contributed by atoms with E-state index in [1.54, 1.807) is 6.08 Å². The lowest BCUT2D eigenvalue weighted by molar-refractivity contribution is -0.870. The van der Waals surface area contributed by atoms with Crippen molar-refractivity contribution in [1.29, 1.82) is 0 Å². The molecule has 0 saturated carbocycles. The van der Waals surface area contributed by atoms with Crippen LogP contribution in [0.4, 0.5) is 0 Å². The highest BCUT2D eigenvalue weighted by molar-refractivity contribution is 7.47. The van der Waals surface area contributed by atoms with Crippen LogP contribution in [0.5, 0.6) is 0 Å². The Balaban J connectivity index is 4.44. The summed E-state index contributed by atoms with van der Waals surface area (Å²) >= 11 is 0. The number of hydrogen-bond donors (Lipinski definition) is 3. The topological polar surface area (TPSA) is 105 Å². The van der Waals surface area contributed by atoms with E-state index in [9.17, 15) is 19.4 Å². The second-order valence-corrected chi connectivity index (χ2v) is 17.2. The summed E-state index contributed by atoms with van der Waals surface area (Å²) in [6, 6.07) is -0.838. The summed E-state index contributed by atoms with van der Waals surface area (Å²) in [6.07, 6.45) is 36.9. The number of allylic oxidation sites excluding steroid dienone is 1. The molecule has 3 unspecified atom stereocenters. The van der Waals surface area contributed by atoms with Crippen LogP contribution in [0.25, 0.3) is 0 Å². The molecule has 0 bridgehead atoms. The van der Waals surface area contributed by atoms with E-state index in [0.717, 1.165) is 38.5 Å². The number of nitrogens with zero attached hydrogens (tertiary/aromatic N) is 1. The lowest BCUT2D eigenvalue weighted by Gasteiger charge is -2.25. The molecule has 3 atom stereocenters. The first-order chi connectivity index (χ1) is 24.0. The number of phosphoric ester groups is 1. The van der Waals surface area contributed by atoms with Crippen LogP contribution in [-0.2, 0) is 18.4 Å². The highest BCUT2D eigenvalue weighted by Crippen LogP contribution is 2.43. The minimum atomic E-state index is -4.33. The second-order valence-electron chi connectivity index (χ2n) is 15.7. The van der Waals surface area contributed by atoms with Crippen LogP contribution < -0.4 is 5.32 Å². The molecular formula is C41H84N2O6P+. The van der Waals surface area contributed by atoms with Crippen LogP contribution in [0, 0.1) is 0 Å². The van der Waals surface area contributed by atoms with E-state index >= 15 is 0 Å². The smallest absolute Gasteiger partial charge is 0.387 e. The van der Waals surface area contributed by atoms with Crippen molar-refractivity contribution < 1.29 is 32.9 Å². The summed E-state index contributed by atoms with van der Waals surface area (Å²) in [4.78, 5) is 23.0. The Morgan fingerprint density at radius 3 is 1.48 bits per heavy atom. The van der Waals surface area contributed by atoms with Gasteiger partial charge < -0.3 is 19.8 Å². The molecule has 0 aromatic rings. The zero-order valence-electron chi connectivity index (χ0n) is 33.7. The maximum atomic E-state index is 12.8. The molecule has 298 valence electrons. The van der Waals surface area contributed by atoms with Crippen LogP contribution in [0.2, 0.25) is 0 Å². The lowest BCUT2D eigenvalue weighted by Crippen LogP contribution is -2.45. The molecule has 9 heteroatoms. The summed E-state index contributed by atoms with van der Waals surface area (Å²) in [5, 5.41) is 13.8. The molecule has 0 radical (unpaired) electrons. The molecule has 1 amide bonds. The van der Waals surface area contributed by atoms with Gasteiger partial charge in [0.1, 0.15) is 13.2 Å². The minimum Gasteiger partial charge on any atom is -0.387 e. The normalized spacial score (nSPS) is 14.6. The van der Waals surface area contributed by atoms with E-state index in [1.165, 1.54) is 135 Å². The third-order valence-electron chi connectivity index (χ3n) is 9.51. The summed E-state index contributed by atoms with van der Waals surface area (Å²) in [7, 11) is 1.58. The highest BCUT2D eigenvalue weighted by atomic mass is 31.2. The number of likely N-dealkylation sites (N-methyl/N-ethyl adjacent to an activating group) is 1.